The average Bonchev–Trinajstić information content (AvgIpc) is 2.67. The maximum atomic E-state index is 11.9. The molecular weight excluding hydrogens is 326 g/mol. The van der Waals surface area contributed by atoms with Crippen molar-refractivity contribution in [1.29, 1.82) is 0 Å². The number of hydrogen-bond acceptors (Lipinski definition) is 4. The molecule has 1 amide bonds. The molecule has 2 rings (SSSR count). The van der Waals surface area contributed by atoms with Crippen LogP contribution in [0.5, 0.6) is 0 Å². The predicted octanol–water partition coefficient (Wildman–Crippen LogP) is 2.03. The first-order valence-corrected chi connectivity index (χ1v) is 7.17. The van der Waals surface area contributed by atoms with Gasteiger partial charge in [-0.1, -0.05) is 15.9 Å². The van der Waals surface area contributed by atoms with Gasteiger partial charge in [-0.15, -0.1) is 0 Å². The number of anilines is 1. The van der Waals surface area contributed by atoms with Gasteiger partial charge in [0.25, 0.3) is 11.7 Å². The van der Waals surface area contributed by atoms with E-state index >= 15 is 0 Å². The summed E-state index contributed by atoms with van der Waals surface area (Å²) in [5.41, 5.74) is 1.10. The van der Waals surface area contributed by atoms with E-state index in [9.17, 15) is 9.59 Å². The second kappa shape index (κ2) is 6.97. The third-order valence-electron chi connectivity index (χ3n) is 3.03. The molecule has 108 valence electrons. The lowest BCUT2D eigenvalue weighted by molar-refractivity contribution is -0.114. The molecule has 6 heteroatoms. The van der Waals surface area contributed by atoms with E-state index in [4.69, 9.17) is 9.47 Å². The van der Waals surface area contributed by atoms with E-state index in [2.05, 4.69) is 15.9 Å². The van der Waals surface area contributed by atoms with Crippen LogP contribution in [0.1, 0.15) is 16.8 Å². The number of carbonyl (C=O) groups excluding carboxylic acids is 2. The fourth-order valence-electron chi connectivity index (χ4n) is 2.05. The molecule has 5 nitrogen and oxygen atoms in total. The standard InChI is InChI=1S/C14H16BrNO4/c1-19-6-2-7-20-8-5-16-12-9-10(15)3-4-11(12)13(17)14(16)18/h3-4,9H,2,5-8H2,1H3. The molecule has 0 N–H and O–H groups in total. The molecule has 0 bridgehead atoms. The second-order valence-corrected chi connectivity index (χ2v) is 5.32. The summed E-state index contributed by atoms with van der Waals surface area (Å²) >= 11 is 3.35. The van der Waals surface area contributed by atoms with Gasteiger partial charge in [0, 0.05) is 31.3 Å². The Balaban J connectivity index is 1.94. The maximum Gasteiger partial charge on any atom is 0.299 e. The van der Waals surface area contributed by atoms with Gasteiger partial charge in [0.2, 0.25) is 0 Å². The van der Waals surface area contributed by atoms with Crippen LogP contribution in [0.15, 0.2) is 22.7 Å². The van der Waals surface area contributed by atoms with Crippen molar-refractivity contribution in [3.8, 4) is 0 Å². The van der Waals surface area contributed by atoms with Gasteiger partial charge in [-0.3, -0.25) is 9.59 Å². The number of Topliss-reactive ketones (excluding diaryl/α,β-unsaturated/α-hetero) is 1. The summed E-state index contributed by atoms with van der Waals surface area (Å²) in [5, 5.41) is 0. The Morgan fingerprint density at radius 2 is 2.00 bits per heavy atom. The SMILES string of the molecule is COCCCOCCN1C(=O)C(=O)c2ccc(Br)cc21. The Hall–Kier alpha value is -1.24. The van der Waals surface area contributed by atoms with Crippen molar-refractivity contribution in [1.82, 2.24) is 0 Å². The van der Waals surface area contributed by atoms with Gasteiger partial charge in [-0.2, -0.15) is 0 Å². The highest BCUT2D eigenvalue weighted by Crippen LogP contribution is 2.31. The maximum absolute atomic E-state index is 11.9. The number of rotatable bonds is 7. The van der Waals surface area contributed by atoms with Crippen molar-refractivity contribution in [2.75, 3.05) is 38.4 Å². The van der Waals surface area contributed by atoms with Crippen molar-refractivity contribution in [3.63, 3.8) is 0 Å². The van der Waals surface area contributed by atoms with Crippen LogP contribution in [-0.2, 0) is 14.3 Å². The Morgan fingerprint density at radius 3 is 2.75 bits per heavy atom. The third kappa shape index (κ3) is 3.26. The van der Waals surface area contributed by atoms with Crippen molar-refractivity contribution < 1.29 is 19.1 Å². The number of amides is 1. The minimum Gasteiger partial charge on any atom is -0.385 e. The lowest BCUT2D eigenvalue weighted by Gasteiger charge is -2.16. The van der Waals surface area contributed by atoms with Crippen molar-refractivity contribution >= 4 is 33.3 Å². The van der Waals surface area contributed by atoms with Gasteiger partial charge in [0.1, 0.15) is 0 Å². The van der Waals surface area contributed by atoms with Gasteiger partial charge in [-0.05, 0) is 24.6 Å². The van der Waals surface area contributed by atoms with Crippen LogP contribution < -0.4 is 4.90 Å². The molecule has 20 heavy (non-hydrogen) atoms. The highest BCUT2D eigenvalue weighted by atomic mass is 79.9. The fraction of sp³-hybridized carbons (Fsp3) is 0.429. The molecule has 0 saturated heterocycles. The van der Waals surface area contributed by atoms with Crippen LogP contribution in [0.2, 0.25) is 0 Å². The summed E-state index contributed by atoms with van der Waals surface area (Å²) < 4.78 is 11.2. The Morgan fingerprint density at radius 1 is 1.20 bits per heavy atom. The average molecular weight is 342 g/mol. The van der Waals surface area contributed by atoms with Crippen molar-refractivity contribution in [3.05, 3.63) is 28.2 Å². The van der Waals surface area contributed by atoms with Gasteiger partial charge < -0.3 is 14.4 Å². The predicted molar refractivity (Wildman–Crippen MR) is 78.1 cm³/mol. The zero-order chi connectivity index (χ0) is 14.5. The third-order valence-corrected chi connectivity index (χ3v) is 3.52. The first-order chi connectivity index (χ1) is 9.65. The fourth-order valence-corrected chi connectivity index (χ4v) is 2.40. The highest BCUT2D eigenvalue weighted by molar-refractivity contribution is 9.10. The number of halogens is 1. The summed E-state index contributed by atoms with van der Waals surface area (Å²) in [6, 6.07) is 5.21. The molecule has 0 saturated carbocycles. The van der Waals surface area contributed by atoms with Gasteiger partial charge in [-0.25, -0.2) is 0 Å². The van der Waals surface area contributed by atoms with E-state index in [1.165, 1.54) is 4.90 Å². The van der Waals surface area contributed by atoms with E-state index in [-0.39, 0.29) is 0 Å². The molecule has 0 radical (unpaired) electrons. The minimum absolute atomic E-state index is 0.376. The Labute approximate surface area is 126 Å². The summed E-state index contributed by atoms with van der Waals surface area (Å²) in [6.07, 6.45) is 0.811. The first kappa shape index (κ1) is 15.2. The molecule has 0 unspecified atom stereocenters. The van der Waals surface area contributed by atoms with Crippen molar-refractivity contribution in [2.45, 2.75) is 6.42 Å². The quantitative estimate of drug-likeness (QED) is 0.562. The Bertz CT molecular complexity index is 518. The molecule has 1 aromatic carbocycles. The highest BCUT2D eigenvalue weighted by Gasteiger charge is 2.35. The molecule has 0 atom stereocenters. The summed E-state index contributed by atoms with van der Waals surface area (Å²) in [5.74, 6) is -0.939. The molecule has 1 aliphatic heterocycles. The molecule has 0 spiro atoms. The largest absolute Gasteiger partial charge is 0.385 e. The monoisotopic (exact) mass is 341 g/mol. The number of methoxy groups -OCH3 is 1. The topological polar surface area (TPSA) is 55.8 Å². The van der Waals surface area contributed by atoms with Gasteiger partial charge >= 0.3 is 0 Å². The number of nitrogens with zero attached hydrogens (tertiary/aromatic N) is 1. The van der Waals surface area contributed by atoms with Gasteiger partial charge in [0.05, 0.1) is 17.9 Å². The lowest BCUT2D eigenvalue weighted by Crippen LogP contribution is -2.33. The molecular formula is C14H16BrNO4. The first-order valence-electron chi connectivity index (χ1n) is 6.37. The van der Waals surface area contributed by atoms with E-state index in [1.807, 2.05) is 0 Å². The number of carbonyl (C=O) groups is 2. The molecule has 0 aromatic heterocycles. The Kier molecular flexibility index (Phi) is 5.28. The summed E-state index contributed by atoms with van der Waals surface area (Å²) in [7, 11) is 1.64. The normalized spacial score (nSPS) is 14.0. The van der Waals surface area contributed by atoms with E-state index in [0.29, 0.717) is 37.6 Å². The number of ether oxygens (including phenoxy) is 2. The number of ketones is 1. The molecule has 0 fully saturated rings. The van der Waals surface area contributed by atoms with E-state index in [1.54, 1.807) is 25.3 Å². The van der Waals surface area contributed by atoms with Crippen LogP contribution in [0, 0.1) is 0 Å². The lowest BCUT2D eigenvalue weighted by atomic mass is 10.1. The van der Waals surface area contributed by atoms with Crippen LogP contribution in [0.25, 0.3) is 0 Å². The second-order valence-electron chi connectivity index (χ2n) is 4.41. The zero-order valence-electron chi connectivity index (χ0n) is 11.2. The zero-order valence-corrected chi connectivity index (χ0v) is 12.8. The smallest absolute Gasteiger partial charge is 0.299 e. The van der Waals surface area contributed by atoms with Crippen LogP contribution >= 0.6 is 15.9 Å². The number of benzene rings is 1. The van der Waals surface area contributed by atoms with Crippen LogP contribution in [-0.4, -0.2) is 45.2 Å². The summed E-state index contributed by atoms with van der Waals surface area (Å²) in [6.45, 7) is 2.00. The van der Waals surface area contributed by atoms with Crippen molar-refractivity contribution in [2.24, 2.45) is 0 Å². The van der Waals surface area contributed by atoms with E-state index in [0.717, 1.165) is 10.9 Å². The van der Waals surface area contributed by atoms with Gasteiger partial charge in [0.15, 0.2) is 0 Å². The minimum atomic E-state index is -0.487. The van der Waals surface area contributed by atoms with Crippen LogP contribution in [0.3, 0.4) is 0 Å². The number of hydrogen-bond donors (Lipinski definition) is 0. The molecule has 1 aromatic rings. The van der Waals surface area contributed by atoms with E-state index < -0.39 is 11.7 Å². The summed E-state index contributed by atoms with van der Waals surface area (Å²) in [4.78, 5) is 25.2. The number of fused-ring (bicyclic) bond motifs is 1. The molecule has 1 aliphatic rings. The molecule has 0 aliphatic carbocycles. The molecule has 1 heterocycles. The van der Waals surface area contributed by atoms with Crippen LogP contribution in [0.4, 0.5) is 5.69 Å².